The summed E-state index contributed by atoms with van der Waals surface area (Å²) in [7, 11) is 1.99. The molecule has 6 heteroatoms. The summed E-state index contributed by atoms with van der Waals surface area (Å²) in [5.41, 5.74) is 7.67. The maximum absolute atomic E-state index is 10.6. The molecule has 1 heterocycles. The number of nitrogens with two attached hydrogens (primary N) is 1. The van der Waals surface area contributed by atoms with Crippen molar-refractivity contribution < 1.29 is 9.53 Å². The van der Waals surface area contributed by atoms with Crippen LogP contribution in [0.5, 0.6) is 5.75 Å². The first-order valence-electron chi connectivity index (χ1n) is 7.86. The minimum absolute atomic E-state index is 0.126. The van der Waals surface area contributed by atoms with E-state index in [1.54, 1.807) is 6.20 Å². The molecular formula is C18H23N3O2S. The molecule has 0 spiro atoms. The van der Waals surface area contributed by atoms with Crippen LogP contribution in [0.3, 0.4) is 0 Å². The molecule has 0 aliphatic carbocycles. The van der Waals surface area contributed by atoms with E-state index in [0.717, 1.165) is 35.7 Å². The fourth-order valence-electron chi connectivity index (χ4n) is 2.24. The predicted molar refractivity (Wildman–Crippen MR) is 100 cm³/mol. The van der Waals surface area contributed by atoms with Gasteiger partial charge in [0.15, 0.2) is 5.62 Å². The molecule has 0 aliphatic heterocycles. The van der Waals surface area contributed by atoms with Gasteiger partial charge in [0, 0.05) is 25.0 Å². The maximum Gasteiger partial charge on any atom is 0.176 e. The molecule has 24 heavy (non-hydrogen) atoms. The molecule has 5 nitrogen and oxygen atoms in total. The number of ether oxygens (including phenoxy) is 1. The summed E-state index contributed by atoms with van der Waals surface area (Å²) in [6, 6.07) is 13.8. The van der Waals surface area contributed by atoms with Gasteiger partial charge in [-0.3, -0.25) is 4.79 Å². The summed E-state index contributed by atoms with van der Waals surface area (Å²) in [5.74, 6) is 1.76. The Kier molecular flexibility index (Phi) is 7.58. The van der Waals surface area contributed by atoms with Gasteiger partial charge in [0.05, 0.1) is 6.54 Å². The zero-order chi connectivity index (χ0) is 17.2. The number of benzene rings is 1. The highest BCUT2D eigenvalue weighted by molar-refractivity contribution is 8.12. The van der Waals surface area contributed by atoms with Crippen LogP contribution in [0.2, 0.25) is 0 Å². The molecule has 1 aromatic heterocycles. The molecule has 0 amide bonds. The van der Waals surface area contributed by atoms with E-state index >= 15 is 0 Å². The average molecular weight is 345 g/mol. The monoisotopic (exact) mass is 345 g/mol. The number of pyridine rings is 1. The fraction of sp³-hybridized carbons (Fsp3) is 0.333. The van der Waals surface area contributed by atoms with Gasteiger partial charge in [0.2, 0.25) is 0 Å². The lowest BCUT2D eigenvalue weighted by molar-refractivity contribution is 0.325. The van der Waals surface area contributed by atoms with E-state index in [4.69, 9.17) is 10.5 Å². The van der Waals surface area contributed by atoms with Crippen LogP contribution >= 0.6 is 11.8 Å². The van der Waals surface area contributed by atoms with Crippen molar-refractivity contribution >= 4 is 23.2 Å². The molecule has 2 N–H and O–H groups in total. The number of aromatic nitrogens is 1. The minimum Gasteiger partial charge on any atom is -0.492 e. The van der Waals surface area contributed by atoms with E-state index in [1.807, 2.05) is 49.5 Å². The lowest BCUT2D eigenvalue weighted by Crippen LogP contribution is -2.24. The smallest absolute Gasteiger partial charge is 0.176 e. The summed E-state index contributed by atoms with van der Waals surface area (Å²) in [4.78, 5) is 16.9. The number of carbonyl (C=O) groups is 1. The summed E-state index contributed by atoms with van der Waals surface area (Å²) in [6.07, 6.45) is 2.56. The molecule has 0 radical (unpaired) electrons. The van der Waals surface area contributed by atoms with E-state index < -0.39 is 0 Å². The average Bonchev–Trinajstić information content (AvgIpc) is 2.63. The van der Waals surface area contributed by atoms with E-state index in [0.29, 0.717) is 13.2 Å². The molecule has 1 aromatic carbocycles. The summed E-state index contributed by atoms with van der Waals surface area (Å²) < 4.78 is 5.78. The lowest BCUT2D eigenvalue weighted by atomic mass is 10.1. The molecular weight excluding hydrogens is 322 g/mol. The van der Waals surface area contributed by atoms with Gasteiger partial charge in [-0.15, -0.1) is 0 Å². The molecule has 1 unspecified atom stereocenters. The fourth-order valence-corrected chi connectivity index (χ4v) is 2.80. The number of rotatable bonds is 10. The topological polar surface area (TPSA) is 68.5 Å². The number of anilines is 1. The van der Waals surface area contributed by atoms with E-state index in [1.165, 1.54) is 11.8 Å². The first kappa shape index (κ1) is 18.3. The van der Waals surface area contributed by atoms with Crippen molar-refractivity contribution in [2.24, 2.45) is 5.73 Å². The summed E-state index contributed by atoms with van der Waals surface area (Å²) in [6.45, 7) is 1.82. The van der Waals surface area contributed by atoms with Crippen molar-refractivity contribution in [2.45, 2.75) is 11.7 Å². The first-order valence-corrected chi connectivity index (χ1v) is 8.80. The normalized spacial score (nSPS) is 11.8. The van der Waals surface area contributed by atoms with Gasteiger partial charge in [0.25, 0.3) is 0 Å². The van der Waals surface area contributed by atoms with Crippen LogP contribution in [0.4, 0.5) is 5.82 Å². The van der Waals surface area contributed by atoms with Crippen LogP contribution in [0.15, 0.2) is 48.7 Å². The zero-order valence-electron chi connectivity index (χ0n) is 13.8. The number of hydrogen-bond acceptors (Lipinski definition) is 6. The second-order valence-corrected chi connectivity index (χ2v) is 6.53. The van der Waals surface area contributed by atoms with Crippen molar-refractivity contribution in [1.82, 2.24) is 4.98 Å². The van der Waals surface area contributed by atoms with Gasteiger partial charge in [-0.25, -0.2) is 4.98 Å². The van der Waals surface area contributed by atoms with Crippen molar-refractivity contribution in [3.8, 4) is 5.75 Å². The third kappa shape index (κ3) is 5.86. The maximum atomic E-state index is 10.6. The van der Waals surface area contributed by atoms with Crippen LogP contribution < -0.4 is 15.4 Å². The predicted octanol–water partition coefficient (Wildman–Crippen LogP) is 2.39. The van der Waals surface area contributed by atoms with Crippen LogP contribution in [0.25, 0.3) is 0 Å². The van der Waals surface area contributed by atoms with Gasteiger partial charge in [-0.05, 0) is 36.2 Å². The molecule has 0 bridgehead atoms. The van der Waals surface area contributed by atoms with E-state index in [2.05, 4.69) is 9.88 Å². The quantitative estimate of drug-likeness (QED) is 0.667. The highest BCUT2D eigenvalue weighted by Gasteiger charge is 2.08. The zero-order valence-corrected chi connectivity index (χ0v) is 14.6. The number of hydrogen-bond donors (Lipinski definition) is 1. The van der Waals surface area contributed by atoms with E-state index in [-0.39, 0.29) is 5.25 Å². The number of likely N-dealkylation sites (N-methyl/N-ethyl adjacent to an activating group) is 1. The second-order valence-electron chi connectivity index (χ2n) is 5.40. The second kappa shape index (κ2) is 9.95. The Morgan fingerprint density at radius 2 is 2.08 bits per heavy atom. The van der Waals surface area contributed by atoms with Crippen molar-refractivity contribution in [3.05, 3.63) is 54.2 Å². The Morgan fingerprint density at radius 3 is 2.71 bits per heavy atom. The lowest BCUT2D eigenvalue weighted by Gasteiger charge is -2.18. The highest BCUT2D eigenvalue weighted by atomic mass is 32.2. The van der Waals surface area contributed by atoms with E-state index in [9.17, 15) is 4.79 Å². The molecule has 0 saturated heterocycles. The van der Waals surface area contributed by atoms with Crippen LogP contribution in [0, 0.1) is 0 Å². The van der Waals surface area contributed by atoms with Gasteiger partial charge >= 0.3 is 0 Å². The van der Waals surface area contributed by atoms with Crippen molar-refractivity contribution in [1.29, 1.82) is 0 Å². The number of thioether (sulfide) groups is 1. The molecule has 2 rings (SSSR count). The third-order valence-electron chi connectivity index (χ3n) is 3.63. The molecule has 0 fully saturated rings. The SMILES string of the molecule is CN(CCOc1ccc(CC(CN)SC=O)cc1)c1ccccn1. The largest absolute Gasteiger partial charge is 0.492 e. The highest BCUT2D eigenvalue weighted by Crippen LogP contribution is 2.17. The summed E-state index contributed by atoms with van der Waals surface area (Å²) in [5, 5.41) is 0.126. The van der Waals surface area contributed by atoms with Gasteiger partial charge in [-0.1, -0.05) is 30.0 Å². The van der Waals surface area contributed by atoms with Gasteiger partial charge in [0.1, 0.15) is 18.2 Å². The molecule has 128 valence electrons. The van der Waals surface area contributed by atoms with Crippen LogP contribution in [0.1, 0.15) is 5.56 Å². The Hall–Kier alpha value is -2.05. The molecule has 0 saturated carbocycles. The summed E-state index contributed by atoms with van der Waals surface area (Å²) >= 11 is 1.24. The molecule has 2 aromatic rings. The molecule has 0 aliphatic rings. The Bertz CT molecular complexity index is 607. The number of carbonyl (C=O) groups excluding carboxylic acids is 1. The van der Waals surface area contributed by atoms with Gasteiger partial charge < -0.3 is 15.4 Å². The Morgan fingerprint density at radius 1 is 1.29 bits per heavy atom. The van der Waals surface area contributed by atoms with Crippen molar-refractivity contribution in [2.75, 3.05) is 31.6 Å². The third-order valence-corrected chi connectivity index (χ3v) is 4.49. The Labute approximate surface area is 147 Å². The van der Waals surface area contributed by atoms with Gasteiger partial charge in [-0.2, -0.15) is 0 Å². The Balaban J connectivity index is 1.78. The minimum atomic E-state index is 0.126. The standard InChI is InChI=1S/C18H23N3O2S/c1-21(18-4-2-3-9-20-18)10-11-23-16-7-5-15(6-8-16)12-17(13-19)24-14-22/h2-9,14,17H,10-13,19H2,1H3. The first-order chi connectivity index (χ1) is 11.7. The number of nitrogens with zero attached hydrogens (tertiary/aromatic N) is 2. The van der Waals surface area contributed by atoms with Crippen LogP contribution in [-0.2, 0) is 11.2 Å². The molecule has 1 atom stereocenters. The van der Waals surface area contributed by atoms with Crippen LogP contribution in [-0.4, -0.2) is 42.6 Å². The van der Waals surface area contributed by atoms with Crippen molar-refractivity contribution in [3.63, 3.8) is 0 Å².